The van der Waals surface area contributed by atoms with E-state index >= 15 is 0 Å². The molecule has 2 aliphatic heterocycles. The third-order valence-corrected chi connectivity index (χ3v) is 3.89. The highest BCUT2D eigenvalue weighted by atomic mass is 16.7. The summed E-state index contributed by atoms with van der Waals surface area (Å²) in [5.74, 6) is 0. The van der Waals surface area contributed by atoms with Crippen LogP contribution in [0.5, 0.6) is 0 Å². The highest BCUT2D eigenvalue weighted by Gasteiger charge is 2.47. The van der Waals surface area contributed by atoms with E-state index in [-0.39, 0.29) is 6.61 Å². The predicted molar refractivity (Wildman–Crippen MR) is 67.5 cm³/mol. The van der Waals surface area contributed by atoms with Crippen molar-refractivity contribution >= 4 is 0 Å². The number of hydrogen-bond acceptors (Lipinski definition) is 10. The molecule has 2 rings (SSSR count). The molecule has 0 aromatic rings. The monoisotopic (exact) mass is 326 g/mol. The average molecular weight is 326 g/mol. The molecular formula is C12H22O10. The maximum absolute atomic E-state index is 9.85. The zero-order valence-electron chi connectivity index (χ0n) is 11.7. The van der Waals surface area contributed by atoms with E-state index in [0.29, 0.717) is 0 Å². The summed E-state index contributed by atoms with van der Waals surface area (Å²) in [6.45, 7) is -1.36. The first-order chi connectivity index (χ1) is 10.4. The van der Waals surface area contributed by atoms with E-state index in [0.717, 1.165) is 0 Å². The molecule has 9 atom stereocenters. The summed E-state index contributed by atoms with van der Waals surface area (Å²) >= 11 is 0. The number of aliphatic hydroxyl groups is 7. The smallest absolute Gasteiger partial charge is 0.187 e. The third-order valence-electron chi connectivity index (χ3n) is 3.89. The molecule has 0 spiro atoms. The molecule has 2 aliphatic rings. The van der Waals surface area contributed by atoms with Crippen LogP contribution in [0.1, 0.15) is 0 Å². The zero-order chi connectivity index (χ0) is 16.4. The van der Waals surface area contributed by atoms with Gasteiger partial charge in [-0.2, -0.15) is 0 Å². The summed E-state index contributed by atoms with van der Waals surface area (Å²) in [6.07, 6.45) is -12.0. The molecule has 0 aromatic heterocycles. The van der Waals surface area contributed by atoms with E-state index < -0.39 is 68.3 Å². The van der Waals surface area contributed by atoms with E-state index in [4.69, 9.17) is 19.3 Å². The van der Waals surface area contributed by atoms with Crippen molar-refractivity contribution in [3.63, 3.8) is 0 Å². The summed E-state index contributed by atoms with van der Waals surface area (Å²) in [7, 11) is 0. The Hall–Kier alpha value is -0.400. The predicted octanol–water partition coefficient (Wildman–Crippen LogP) is -4.72. The number of ether oxygens (including phenoxy) is 3. The van der Waals surface area contributed by atoms with Gasteiger partial charge < -0.3 is 50.0 Å². The van der Waals surface area contributed by atoms with Gasteiger partial charge in [-0.1, -0.05) is 0 Å². The number of rotatable bonds is 5. The highest BCUT2D eigenvalue weighted by molar-refractivity contribution is 4.92. The molecule has 0 radical (unpaired) electrons. The van der Waals surface area contributed by atoms with Crippen LogP contribution in [0.15, 0.2) is 0 Å². The molecule has 130 valence electrons. The van der Waals surface area contributed by atoms with Crippen molar-refractivity contribution in [2.45, 2.75) is 55.1 Å². The summed E-state index contributed by atoms with van der Waals surface area (Å²) in [5, 5.41) is 66.8. The van der Waals surface area contributed by atoms with Crippen molar-refractivity contribution in [1.82, 2.24) is 0 Å². The Morgan fingerprint density at radius 1 is 0.955 bits per heavy atom. The van der Waals surface area contributed by atoms with Gasteiger partial charge in [0.2, 0.25) is 0 Å². The molecule has 2 saturated heterocycles. The van der Waals surface area contributed by atoms with Gasteiger partial charge in [0.1, 0.15) is 48.8 Å². The molecule has 22 heavy (non-hydrogen) atoms. The second kappa shape index (κ2) is 7.45. The van der Waals surface area contributed by atoms with Crippen molar-refractivity contribution in [3.8, 4) is 0 Å². The van der Waals surface area contributed by atoms with E-state index in [9.17, 15) is 30.6 Å². The fourth-order valence-electron chi connectivity index (χ4n) is 2.53. The summed E-state index contributed by atoms with van der Waals surface area (Å²) in [4.78, 5) is 0. The Kier molecular flexibility index (Phi) is 6.07. The van der Waals surface area contributed by atoms with Crippen LogP contribution in [-0.4, -0.2) is 111 Å². The Bertz CT molecular complexity index is 353. The molecule has 7 N–H and O–H groups in total. The van der Waals surface area contributed by atoms with Gasteiger partial charge in [0, 0.05) is 0 Å². The molecule has 0 saturated carbocycles. The second-order valence-electron chi connectivity index (χ2n) is 5.41. The summed E-state index contributed by atoms with van der Waals surface area (Å²) in [6, 6.07) is 0. The maximum Gasteiger partial charge on any atom is 0.187 e. The van der Waals surface area contributed by atoms with Crippen LogP contribution in [0.3, 0.4) is 0 Å². The van der Waals surface area contributed by atoms with E-state index in [1.165, 1.54) is 0 Å². The van der Waals surface area contributed by atoms with Crippen LogP contribution in [0.2, 0.25) is 0 Å². The van der Waals surface area contributed by atoms with Gasteiger partial charge in [-0.15, -0.1) is 0 Å². The minimum absolute atomic E-state index is 0.139. The van der Waals surface area contributed by atoms with E-state index in [1.807, 2.05) is 0 Å². The molecule has 2 heterocycles. The lowest BCUT2D eigenvalue weighted by Crippen LogP contribution is -2.60. The third kappa shape index (κ3) is 3.41. The first-order valence-corrected chi connectivity index (χ1v) is 6.95. The van der Waals surface area contributed by atoms with Gasteiger partial charge in [0.15, 0.2) is 6.29 Å². The minimum Gasteiger partial charge on any atom is -0.394 e. The Labute approximate surface area is 126 Å². The van der Waals surface area contributed by atoms with Gasteiger partial charge in [-0.05, 0) is 0 Å². The van der Waals surface area contributed by atoms with Crippen molar-refractivity contribution in [2.75, 3.05) is 19.8 Å². The summed E-state index contributed by atoms with van der Waals surface area (Å²) < 4.78 is 15.6. The molecule has 0 aliphatic carbocycles. The molecule has 10 heteroatoms. The average Bonchev–Trinajstić information content (AvgIpc) is 2.84. The SMILES string of the molecule is OC[C@H]1OC(O[C@H](CO)[C@H]2OC[C@H](O)[C@H]2O)[C@@H](O)[C@@H](O)[C@@H]1O. The first kappa shape index (κ1) is 17.9. The molecule has 0 bridgehead atoms. The molecule has 2 fully saturated rings. The van der Waals surface area contributed by atoms with E-state index in [1.54, 1.807) is 0 Å². The molecule has 1 unspecified atom stereocenters. The van der Waals surface area contributed by atoms with Crippen LogP contribution in [0.25, 0.3) is 0 Å². The summed E-state index contributed by atoms with van der Waals surface area (Å²) in [5.41, 5.74) is 0. The van der Waals surface area contributed by atoms with Crippen molar-refractivity contribution in [1.29, 1.82) is 0 Å². The molecular weight excluding hydrogens is 304 g/mol. The van der Waals surface area contributed by atoms with Crippen molar-refractivity contribution in [2.24, 2.45) is 0 Å². The van der Waals surface area contributed by atoms with Crippen LogP contribution in [0, 0.1) is 0 Å². The van der Waals surface area contributed by atoms with Gasteiger partial charge >= 0.3 is 0 Å². The quantitative estimate of drug-likeness (QED) is 0.260. The molecule has 0 aromatic carbocycles. The standard InChI is InChI=1S/C12H22O10/c13-1-5-8(17)9(18)10(19)12(21-5)22-6(2-14)11-7(16)4(15)3-20-11/h4-19H,1-3H2/t4-,5+,6+,7+,8+,9-,10-,11+,12?/m0/s1. The Morgan fingerprint density at radius 2 is 1.64 bits per heavy atom. The van der Waals surface area contributed by atoms with Crippen LogP contribution >= 0.6 is 0 Å². The Balaban J connectivity index is 2.03. The van der Waals surface area contributed by atoms with Gasteiger partial charge in [-0.25, -0.2) is 0 Å². The molecule has 10 nitrogen and oxygen atoms in total. The minimum atomic E-state index is -1.63. The van der Waals surface area contributed by atoms with Crippen LogP contribution < -0.4 is 0 Å². The lowest BCUT2D eigenvalue weighted by molar-refractivity contribution is -0.320. The number of aliphatic hydroxyl groups excluding tert-OH is 7. The zero-order valence-corrected chi connectivity index (χ0v) is 11.7. The van der Waals surface area contributed by atoms with Crippen LogP contribution in [0.4, 0.5) is 0 Å². The fourth-order valence-corrected chi connectivity index (χ4v) is 2.53. The van der Waals surface area contributed by atoms with Crippen molar-refractivity contribution < 1.29 is 50.0 Å². The Morgan fingerprint density at radius 3 is 2.14 bits per heavy atom. The molecule has 0 amide bonds. The van der Waals surface area contributed by atoms with Crippen LogP contribution in [-0.2, 0) is 14.2 Å². The largest absolute Gasteiger partial charge is 0.394 e. The van der Waals surface area contributed by atoms with Gasteiger partial charge in [0.05, 0.1) is 19.8 Å². The fraction of sp³-hybridized carbons (Fsp3) is 1.00. The second-order valence-corrected chi connectivity index (χ2v) is 5.41. The lowest BCUT2D eigenvalue weighted by Gasteiger charge is -2.41. The normalized spacial score (nSPS) is 47.6. The first-order valence-electron chi connectivity index (χ1n) is 6.95. The van der Waals surface area contributed by atoms with Gasteiger partial charge in [0.25, 0.3) is 0 Å². The van der Waals surface area contributed by atoms with Crippen molar-refractivity contribution in [3.05, 3.63) is 0 Å². The topological polar surface area (TPSA) is 169 Å². The number of hydrogen-bond donors (Lipinski definition) is 7. The van der Waals surface area contributed by atoms with E-state index in [2.05, 4.69) is 0 Å². The lowest BCUT2D eigenvalue weighted by atomic mass is 9.99. The highest BCUT2D eigenvalue weighted by Crippen LogP contribution is 2.26. The maximum atomic E-state index is 9.85. The van der Waals surface area contributed by atoms with Gasteiger partial charge in [-0.3, -0.25) is 0 Å².